The molecule has 0 fully saturated rings. The fraction of sp³-hybridized carbons (Fsp3) is 0. The second-order valence-electron chi connectivity index (χ2n) is 3.17. The van der Waals surface area contributed by atoms with Crippen LogP contribution in [0.2, 0.25) is 0 Å². The van der Waals surface area contributed by atoms with Crippen molar-refractivity contribution in [3.05, 3.63) is 51.4 Å². The van der Waals surface area contributed by atoms with E-state index >= 15 is 0 Å². The van der Waals surface area contributed by atoms with E-state index in [4.69, 9.17) is 0 Å². The maximum Gasteiger partial charge on any atom is 0.0315 e. The van der Waals surface area contributed by atoms with Gasteiger partial charge in [-0.2, -0.15) is 0 Å². The summed E-state index contributed by atoms with van der Waals surface area (Å²) in [5.74, 6) is 0. The number of halogens is 2. The predicted octanol–water partition coefficient (Wildman–Crippen LogP) is 5.65. The van der Waals surface area contributed by atoms with Crippen molar-refractivity contribution in [1.82, 2.24) is 0 Å². The van der Waals surface area contributed by atoms with E-state index in [9.17, 15) is 0 Å². The van der Waals surface area contributed by atoms with Crippen LogP contribution in [0.3, 0.4) is 0 Å². The van der Waals surface area contributed by atoms with Gasteiger partial charge in [0.2, 0.25) is 0 Å². The molecule has 2 rings (SSSR count). The van der Waals surface area contributed by atoms with Gasteiger partial charge in [0.1, 0.15) is 0 Å². The van der Waals surface area contributed by atoms with Crippen LogP contribution in [-0.4, -0.2) is 0 Å². The molecular weight excluding hydrogens is 368 g/mol. The van der Waals surface area contributed by atoms with Crippen LogP contribution in [0.4, 0.5) is 0 Å². The molecule has 2 aromatic rings. The third kappa shape index (κ3) is 3.29. The Hall–Kier alpha value is 0.1000. The molecule has 0 amide bonds. The lowest BCUT2D eigenvalue weighted by molar-refractivity contribution is 1.33. The third-order valence-electron chi connectivity index (χ3n) is 1.96. The molecular formula is C12H8Br2S2. The number of rotatable bonds is 2. The van der Waals surface area contributed by atoms with Gasteiger partial charge in [0, 0.05) is 23.6 Å². The molecule has 0 saturated carbocycles. The summed E-state index contributed by atoms with van der Waals surface area (Å²) < 4.78 is 2.19. The molecule has 16 heavy (non-hydrogen) atoms. The Balaban J connectivity index is 2.26. The van der Waals surface area contributed by atoms with E-state index in [0.717, 1.165) is 13.8 Å². The van der Waals surface area contributed by atoms with Gasteiger partial charge >= 0.3 is 0 Å². The standard InChI is InChI=1S/C12H8Br2S2/c13-8-1-6-11(14)12(7-8)16-10-4-2-9(15)3-5-10/h1-7,15H. The van der Waals surface area contributed by atoms with E-state index in [0.29, 0.717) is 0 Å². The Morgan fingerprint density at radius 2 is 1.62 bits per heavy atom. The van der Waals surface area contributed by atoms with Crippen LogP contribution in [0, 0.1) is 0 Å². The molecule has 0 nitrogen and oxygen atoms in total. The Bertz CT molecular complexity index is 495. The van der Waals surface area contributed by atoms with Gasteiger partial charge in [0.15, 0.2) is 0 Å². The predicted molar refractivity (Wildman–Crippen MR) is 79.7 cm³/mol. The highest BCUT2D eigenvalue weighted by Crippen LogP contribution is 2.35. The van der Waals surface area contributed by atoms with Crippen molar-refractivity contribution in [1.29, 1.82) is 0 Å². The Kier molecular flexibility index (Phi) is 4.41. The summed E-state index contributed by atoms with van der Waals surface area (Å²) in [4.78, 5) is 3.38. The number of thiol groups is 1. The van der Waals surface area contributed by atoms with Crippen LogP contribution in [0.15, 0.2) is 66.1 Å². The molecule has 0 aliphatic carbocycles. The lowest BCUT2D eigenvalue weighted by Gasteiger charge is -2.05. The highest BCUT2D eigenvalue weighted by Gasteiger charge is 2.03. The highest BCUT2D eigenvalue weighted by molar-refractivity contribution is 9.11. The summed E-state index contributed by atoms with van der Waals surface area (Å²) in [6.07, 6.45) is 0. The van der Waals surface area contributed by atoms with E-state index < -0.39 is 0 Å². The normalized spacial score (nSPS) is 10.4. The van der Waals surface area contributed by atoms with Gasteiger partial charge < -0.3 is 0 Å². The first-order valence-corrected chi connectivity index (χ1v) is 7.42. The quantitative estimate of drug-likeness (QED) is 0.661. The first kappa shape index (κ1) is 12.6. The zero-order chi connectivity index (χ0) is 11.5. The van der Waals surface area contributed by atoms with Crippen LogP contribution < -0.4 is 0 Å². The van der Waals surface area contributed by atoms with Crippen LogP contribution in [0.5, 0.6) is 0 Å². The zero-order valence-electron chi connectivity index (χ0n) is 8.15. The average molecular weight is 376 g/mol. The second kappa shape index (κ2) is 5.63. The van der Waals surface area contributed by atoms with Gasteiger partial charge in [-0.1, -0.05) is 27.7 Å². The molecule has 0 aromatic heterocycles. The number of hydrogen-bond acceptors (Lipinski definition) is 2. The van der Waals surface area contributed by atoms with Crippen molar-refractivity contribution in [2.45, 2.75) is 14.7 Å². The van der Waals surface area contributed by atoms with Crippen LogP contribution >= 0.6 is 56.3 Å². The van der Waals surface area contributed by atoms with Gasteiger partial charge in [0.05, 0.1) is 0 Å². The molecule has 0 unspecified atom stereocenters. The minimum atomic E-state index is 0.984. The number of hydrogen-bond donors (Lipinski definition) is 1. The fourth-order valence-corrected chi connectivity index (χ4v) is 3.23. The minimum absolute atomic E-state index is 0.984. The summed E-state index contributed by atoms with van der Waals surface area (Å²) in [5, 5.41) is 0. The fourth-order valence-electron chi connectivity index (χ4n) is 1.20. The molecule has 0 atom stereocenters. The van der Waals surface area contributed by atoms with E-state index in [2.05, 4.69) is 62.7 Å². The maximum absolute atomic E-state index is 4.27. The van der Waals surface area contributed by atoms with Crippen LogP contribution in [-0.2, 0) is 0 Å². The van der Waals surface area contributed by atoms with Crippen LogP contribution in [0.25, 0.3) is 0 Å². The maximum atomic E-state index is 4.27. The molecule has 0 N–H and O–H groups in total. The van der Waals surface area contributed by atoms with Crippen molar-refractivity contribution >= 4 is 56.3 Å². The molecule has 0 aliphatic rings. The summed E-state index contributed by atoms with van der Waals surface area (Å²) in [6.45, 7) is 0. The van der Waals surface area contributed by atoms with E-state index in [1.54, 1.807) is 11.8 Å². The van der Waals surface area contributed by atoms with Gasteiger partial charge in [-0.05, 0) is 58.4 Å². The van der Waals surface area contributed by atoms with Gasteiger partial charge in [-0.15, -0.1) is 12.6 Å². The SMILES string of the molecule is Sc1ccc(Sc2cc(Br)ccc2Br)cc1. The van der Waals surface area contributed by atoms with Gasteiger partial charge in [-0.3, -0.25) is 0 Å². The molecule has 82 valence electrons. The van der Waals surface area contributed by atoms with Crippen molar-refractivity contribution in [3.63, 3.8) is 0 Å². The summed E-state index contributed by atoms with van der Waals surface area (Å²) >= 11 is 13.0. The monoisotopic (exact) mass is 374 g/mol. The van der Waals surface area contributed by atoms with Crippen molar-refractivity contribution in [3.8, 4) is 0 Å². The molecule has 0 spiro atoms. The lowest BCUT2D eigenvalue weighted by atomic mass is 10.4. The van der Waals surface area contributed by atoms with Gasteiger partial charge in [0.25, 0.3) is 0 Å². The summed E-state index contributed by atoms with van der Waals surface area (Å²) in [7, 11) is 0. The third-order valence-corrected chi connectivity index (χ3v) is 4.77. The van der Waals surface area contributed by atoms with Gasteiger partial charge in [-0.25, -0.2) is 0 Å². The Morgan fingerprint density at radius 3 is 2.31 bits per heavy atom. The smallest absolute Gasteiger partial charge is 0.0315 e. The first-order chi connectivity index (χ1) is 7.65. The largest absolute Gasteiger partial charge is 0.143 e. The average Bonchev–Trinajstić information content (AvgIpc) is 2.27. The Labute approximate surface area is 122 Å². The van der Waals surface area contributed by atoms with Crippen molar-refractivity contribution in [2.24, 2.45) is 0 Å². The molecule has 0 radical (unpaired) electrons. The molecule has 0 bridgehead atoms. The van der Waals surface area contributed by atoms with Crippen molar-refractivity contribution in [2.75, 3.05) is 0 Å². The molecule has 4 heteroatoms. The Morgan fingerprint density at radius 1 is 0.938 bits per heavy atom. The molecule has 0 saturated heterocycles. The molecule has 2 aromatic carbocycles. The first-order valence-electron chi connectivity index (χ1n) is 4.57. The van der Waals surface area contributed by atoms with E-state index in [1.165, 1.54) is 9.79 Å². The van der Waals surface area contributed by atoms with Crippen molar-refractivity contribution < 1.29 is 0 Å². The van der Waals surface area contributed by atoms with E-state index in [1.807, 2.05) is 24.3 Å². The topological polar surface area (TPSA) is 0 Å². The minimum Gasteiger partial charge on any atom is -0.143 e. The lowest BCUT2D eigenvalue weighted by Crippen LogP contribution is -1.76. The molecule has 0 heterocycles. The van der Waals surface area contributed by atoms with Crippen LogP contribution in [0.1, 0.15) is 0 Å². The summed E-state index contributed by atoms with van der Waals surface area (Å²) in [6, 6.07) is 14.3. The van der Waals surface area contributed by atoms with E-state index in [-0.39, 0.29) is 0 Å². The highest BCUT2D eigenvalue weighted by atomic mass is 79.9. The summed E-state index contributed by atoms with van der Waals surface area (Å²) in [5.41, 5.74) is 0. The number of benzene rings is 2. The second-order valence-corrected chi connectivity index (χ2v) is 6.57. The zero-order valence-corrected chi connectivity index (χ0v) is 13.0. The molecule has 0 aliphatic heterocycles.